The zero-order chi connectivity index (χ0) is 20.2. The van der Waals surface area contributed by atoms with Crippen LogP contribution in [0.5, 0.6) is 0 Å². The lowest BCUT2D eigenvalue weighted by molar-refractivity contribution is -0.122. The fourth-order valence-electron chi connectivity index (χ4n) is 3.51. The second-order valence-corrected chi connectivity index (χ2v) is 7.69. The van der Waals surface area contributed by atoms with Crippen molar-refractivity contribution in [2.24, 2.45) is 5.92 Å². The molecule has 1 aromatic heterocycles. The summed E-state index contributed by atoms with van der Waals surface area (Å²) in [6, 6.07) is 15.6. The van der Waals surface area contributed by atoms with Crippen LogP contribution >= 0.6 is 0 Å². The molecule has 0 bridgehead atoms. The molecule has 150 valence electrons. The number of anilines is 1. The SMILES string of the molecule is Cc1cccc(NC(=O)Cn2c(CCCNC(=O)C3CC3)nc3ccccc32)c1. The van der Waals surface area contributed by atoms with E-state index >= 15 is 0 Å². The van der Waals surface area contributed by atoms with Gasteiger partial charge in [0.25, 0.3) is 0 Å². The molecule has 6 nitrogen and oxygen atoms in total. The zero-order valence-electron chi connectivity index (χ0n) is 16.6. The Bertz CT molecular complexity index is 1040. The Kier molecular flexibility index (Phi) is 5.60. The summed E-state index contributed by atoms with van der Waals surface area (Å²) in [5, 5.41) is 5.96. The average molecular weight is 390 g/mol. The molecule has 1 aliphatic rings. The van der Waals surface area contributed by atoms with Crippen molar-refractivity contribution in [2.75, 3.05) is 11.9 Å². The van der Waals surface area contributed by atoms with E-state index in [0.29, 0.717) is 13.0 Å². The molecule has 1 saturated carbocycles. The third-order valence-electron chi connectivity index (χ3n) is 5.16. The highest BCUT2D eigenvalue weighted by Gasteiger charge is 2.29. The lowest BCUT2D eigenvalue weighted by Gasteiger charge is -2.11. The molecule has 2 amide bonds. The van der Waals surface area contributed by atoms with E-state index in [9.17, 15) is 9.59 Å². The van der Waals surface area contributed by atoms with E-state index in [1.54, 1.807) is 0 Å². The van der Waals surface area contributed by atoms with Gasteiger partial charge in [-0.05, 0) is 56.0 Å². The van der Waals surface area contributed by atoms with Gasteiger partial charge in [-0.3, -0.25) is 9.59 Å². The number of hydrogen-bond acceptors (Lipinski definition) is 3. The molecule has 0 spiro atoms. The number of benzene rings is 2. The summed E-state index contributed by atoms with van der Waals surface area (Å²) < 4.78 is 1.98. The minimum Gasteiger partial charge on any atom is -0.356 e. The third kappa shape index (κ3) is 4.83. The molecule has 0 atom stereocenters. The van der Waals surface area contributed by atoms with Crippen LogP contribution in [0.1, 0.15) is 30.7 Å². The first kappa shape index (κ1) is 19.2. The van der Waals surface area contributed by atoms with Gasteiger partial charge in [-0.1, -0.05) is 24.3 Å². The molecule has 0 aliphatic heterocycles. The number of imidazole rings is 1. The fraction of sp³-hybridized carbons (Fsp3) is 0.348. The van der Waals surface area contributed by atoms with E-state index in [4.69, 9.17) is 4.98 Å². The van der Waals surface area contributed by atoms with Gasteiger partial charge in [0.1, 0.15) is 12.4 Å². The first-order valence-electron chi connectivity index (χ1n) is 10.2. The molecular formula is C23H26N4O2. The predicted octanol–water partition coefficient (Wildman–Crippen LogP) is 3.44. The summed E-state index contributed by atoms with van der Waals surface area (Å²) in [6.07, 6.45) is 3.52. The molecule has 1 heterocycles. The van der Waals surface area contributed by atoms with Gasteiger partial charge in [0.15, 0.2) is 0 Å². The number of hydrogen-bond donors (Lipinski definition) is 2. The van der Waals surface area contributed by atoms with Crippen molar-refractivity contribution in [3.05, 3.63) is 59.9 Å². The summed E-state index contributed by atoms with van der Waals surface area (Å²) in [6.45, 7) is 2.84. The van der Waals surface area contributed by atoms with E-state index < -0.39 is 0 Å². The normalized spacial score (nSPS) is 13.4. The van der Waals surface area contributed by atoms with Gasteiger partial charge in [0.2, 0.25) is 11.8 Å². The summed E-state index contributed by atoms with van der Waals surface area (Å²) in [7, 11) is 0. The Balaban J connectivity index is 1.44. The number of carbonyl (C=O) groups is 2. The van der Waals surface area contributed by atoms with E-state index in [0.717, 1.165) is 47.4 Å². The first-order chi connectivity index (χ1) is 14.1. The van der Waals surface area contributed by atoms with Crippen molar-refractivity contribution in [1.82, 2.24) is 14.9 Å². The molecule has 3 aromatic rings. The van der Waals surface area contributed by atoms with Crippen molar-refractivity contribution < 1.29 is 9.59 Å². The third-order valence-corrected chi connectivity index (χ3v) is 5.16. The van der Waals surface area contributed by atoms with Crippen LogP contribution in [0.25, 0.3) is 11.0 Å². The Morgan fingerprint density at radius 2 is 1.97 bits per heavy atom. The summed E-state index contributed by atoms with van der Waals surface area (Å²) >= 11 is 0. The molecule has 6 heteroatoms. The van der Waals surface area contributed by atoms with Gasteiger partial charge >= 0.3 is 0 Å². The van der Waals surface area contributed by atoms with Crippen LogP contribution in [0.2, 0.25) is 0 Å². The molecule has 0 unspecified atom stereocenters. The van der Waals surface area contributed by atoms with Gasteiger partial charge in [0.05, 0.1) is 11.0 Å². The Hall–Kier alpha value is -3.15. The van der Waals surface area contributed by atoms with Crippen molar-refractivity contribution in [1.29, 1.82) is 0 Å². The fourth-order valence-corrected chi connectivity index (χ4v) is 3.51. The van der Waals surface area contributed by atoms with E-state index in [1.807, 2.05) is 60.0 Å². The number of para-hydroxylation sites is 2. The Labute approximate surface area is 170 Å². The monoisotopic (exact) mass is 390 g/mol. The van der Waals surface area contributed by atoms with Gasteiger partial charge in [-0.2, -0.15) is 0 Å². The zero-order valence-corrected chi connectivity index (χ0v) is 16.6. The second-order valence-electron chi connectivity index (χ2n) is 7.69. The standard InChI is InChI=1S/C23H26N4O2/c1-16-6-4-7-18(14-16)25-22(28)15-27-20-9-3-2-8-19(20)26-21(27)10-5-13-24-23(29)17-11-12-17/h2-4,6-9,14,17H,5,10-13,15H2,1H3,(H,24,29)(H,25,28). The molecular weight excluding hydrogens is 364 g/mol. The molecule has 2 N–H and O–H groups in total. The minimum absolute atomic E-state index is 0.0814. The number of aromatic nitrogens is 2. The second kappa shape index (κ2) is 8.47. The molecule has 29 heavy (non-hydrogen) atoms. The Morgan fingerprint density at radius 1 is 1.14 bits per heavy atom. The smallest absolute Gasteiger partial charge is 0.244 e. The topological polar surface area (TPSA) is 76.0 Å². The number of aryl methyl sites for hydroxylation is 2. The van der Waals surface area contributed by atoms with Crippen LogP contribution in [0.4, 0.5) is 5.69 Å². The number of nitrogens with one attached hydrogen (secondary N) is 2. The van der Waals surface area contributed by atoms with Crippen molar-refractivity contribution in [3.63, 3.8) is 0 Å². The summed E-state index contributed by atoms with van der Waals surface area (Å²) in [4.78, 5) is 29.2. The minimum atomic E-state index is -0.0814. The van der Waals surface area contributed by atoms with Gasteiger partial charge in [-0.25, -0.2) is 4.98 Å². The summed E-state index contributed by atoms with van der Waals surface area (Å²) in [5.41, 5.74) is 3.73. The number of fused-ring (bicyclic) bond motifs is 1. The lowest BCUT2D eigenvalue weighted by atomic mass is 10.2. The van der Waals surface area contributed by atoms with Crippen LogP contribution in [-0.4, -0.2) is 27.9 Å². The lowest BCUT2D eigenvalue weighted by Crippen LogP contribution is -2.26. The predicted molar refractivity (Wildman–Crippen MR) is 114 cm³/mol. The van der Waals surface area contributed by atoms with Crippen LogP contribution in [-0.2, 0) is 22.6 Å². The quantitative estimate of drug-likeness (QED) is 0.579. The van der Waals surface area contributed by atoms with Crippen LogP contribution < -0.4 is 10.6 Å². The van der Waals surface area contributed by atoms with Crippen molar-refractivity contribution in [3.8, 4) is 0 Å². The maximum Gasteiger partial charge on any atom is 0.244 e. The molecule has 1 fully saturated rings. The highest BCUT2D eigenvalue weighted by molar-refractivity contribution is 5.91. The number of carbonyl (C=O) groups excluding carboxylic acids is 2. The van der Waals surface area contributed by atoms with E-state index in [1.165, 1.54) is 0 Å². The van der Waals surface area contributed by atoms with Gasteiger partial charge in [-0.15, -0.1) is 0 Å². The number of rotatable bonds is 8. The van der Waals surface area contributed by atoms with Crippen LogP contribution in [0.15, 0.2) is 48.5 Å². The van der Waals surface area contributed by atoms with Gasteiger partial charge in [0, 0.05) is 24.6 Å². The van der Waals surface area contributed by atoms with E-state index in [2.05, 4.69) is 10.6 Å². The van der Waals surface area contributed by atoms with Crippen LogP contribution in [0, 0.1) is 12.8 Å². The van der Waals surface area contributed by atoms with E-state index in [-0.39, 0.29) is 24.3 Å². The van der Waals surface area contributed by atoms with Gasteiger partial charge < -0.3 is 15.2 Å². The largest absolute Gasteiger partial charge is 0.356 e. The Morgan fingerprint density at radius 3 is 2.76 bits per heavy atom. The average Bonchev–Trinajstić information content (AvgIpc) is 3.49. The molecule has 4 rings (SSSR count). The first-order valence-corrected chi connectivity index (χ1v) is 10.2. The van der Waals surface area contributed by atoms with Crippen LogP contribution in [0.3, 0.4) is 0 Å². The molecule has 2 aromatic carbocycles. The molecule has 0 saturated heterocycles. The maximum atomic E-state index is 12.7. The van der Waals surface area contributed by atoms with Crippen molar-refractivity contribution >= 4 is 28.5 Å². The maximum absolute atomic E-state index is 12.7. The van der Waals surface area contributed by atoms with Crippen molar-refractivity contribution in [2.45, 2.75) is 39.2 Å². The highest BCUT2D eigenvalue weighted by atomic mass is 16.2. The highest BCUT2D eigenvalue weighted by Crippen LogP contribution is 2.28. The number of amides is 2. The summed E-state index contributed by atoms with van der Waals surface area (Å²) in [5.74, 6) is 1.18. The molecule has 1 aliphatic carbocycles. The number of nitrogens with zero attached hydrogens (tertiary/aromatic N) is 2. The molecule has 0 radical (unpaired) electrons.